The van der Waals surface area contributed by atoms with Crippen molar-refractivity contribution in [2.45, 2.75) is 26.8 Å². The Morgan fingerprint density at radius 2 is 2.10 bits per heavy atom. The van der Waals surface area contributed by atoms with Crippen LogP contribution in [-0.4, -0.2) is 64.9 Å². The molecule has 12 heteroatoms. The Labute approximate surface area is 194 Å². The summed E-state index contributed by atoms with van der Waals surface area (Å²) < 4.78 is 11.4. The molecule has 1 aliphatic rings. The van der Waals surface area contributed by atoms with Crippen LogP contribution in [0.15, 0.2) is 18.3 Å². The highest BCUT2D eigenvalue weighted by molar-refractivity contribution is 14.2. The van der Waals surface area contributed by atoms with Gasteiger partial charge in [-0.15, -0.1) is 10.2 Å². The molecule has 5 heterocycles. The molecule has 2 atom stereocenters. The lowest BCUT2D eigenvalue weighted by Crippen LogP contribution is -2.44. The minimum atomic E-state index is 0.228. The van der Waals surface area contributed by atoms with E-state index >= 15 is 0 Å². The topological polar surface area (TPSA) is 91.2 Å². The van der Waals surface area contributed by atoms with E-state index in [9.17, 15) is 0 Å². The molecule has 0 radical (unpaired) electrons. The van der Waals surface area contributed by atoms with E-state index in [0.29, 0.717) is 19.6 Å². The molecular weight excluding hydrogens is 528 g/mol. The third kappa shape index (κ3) is 3.42. The number of rotatable bonds is 4. The third-order valence-electron chi connectivity index (χ3n) is 5.62. The van der Waals surface area contributed by atoms with E-state index in [1.54, 1.807) is 6.20 Å². The number of imidazole rings is 1. The predicted octanol–water partition coefficient (Wildman–Crippen LogP) is 3.02. The largest absolute Gasteiger partial charge is 0.377 e. The first-order valence-electron chi connectivity index (χ1n) is 10.0. The summed E-state index contributed by atoms with van der Waals surface area (Å²) in [6.45, 7) is 8.32. The molecule has 4 aromatic rings. The molecule has 4 aromatic heterocycles. The maximum absolute atomic E-state index is 5.65. The molecule has 0 bridgehead atoms. The molecule has 1 saturated heterocycles. The third-order valence-corrected chi connectivity index (χ3v) is 7.51. The summed E-state index contributed by atoms with van der Waals surface area (Å²) in [6, 6.07) is 4.35. The Kier molecular flexibility index (Phi) is 5.43. The number of ether oxygens (including phenoxy) is 1. The van der Waals surface area contributed by atoms with Crippen molar-refractivity contribution in [3.63, 3.8) is 0 Å². The number of hydrogen-bond acceptors (Lipinski definition) is 7. The summed E-state index contributed by atoms with van der Waals surface area (Å²) in [5.74, 6) is 1.67. The molecule has 31 heavy (non-hydrogen) atoms. The van der Waals surface area contributed by atoms with Crippen molar-refractivity contribution >= 4 is 39.7 Å². The minimum absolute atomic E-state index is 0.228. The first-order chi connectivity index (χ1) is 15.0. The summed E-state index contributed by atoms with van der Waals surface area (Å²) in [5.41, 5.74) is 5.67. The molecule has 0 aliphatic carbocycles. The van der Waals surface area contributed by atoms with Crippen LogP contribution in [-0.2, 0) is 11.8 Å². The van der Waals surface area contributed by atoms with Crippen molar-refractivity contribution in [2.24, 2.45) is 7.05 Å². The van der Waals surface area contributed by atoms with Gasteiger partial charge < -0.3 is 9.64 Å². The summed E-state index contributed by atoms with van der Waals surface area (Å²) in [4.78, 5) is 7.22. The molecule has 5 rings (SSSR count). The first kappa shape index (κ1) is 20.8. The second kappa shape index (κ2) is 8.10. The van der Waals surface area contributed by atoms with Crippen LogP contribution in [0.4, 0.5) is 5.82 Å². The number of aryl methyl sites for hydroxylation is 3. The van der Waals surface area contributed by atoms with Crippen LogP contribution in [0.25, 0.3) is 28.3 Å². The van der Waals surface area contributed by atoms with Gasteiger partial charge in [-0.05, 0) is 54.9 Å². The summed E-state index contributed by atoms with van der Waals surface area (Å²) in [6.07, 6.45) is 2.28. The number of fused-ring (bicyclic) bond motifs is 1. The fourth-order valence-electron chi connectivity index (χ4n) is 4.18. The number of aromatic nitrogens is 8. The van der Waals surface area contributed by atoms with E-state index in [2.05, 4.69) is 55.3 Å². The quantitative estimate of drug-likeness (QED) is 0.285. The molecular formula is C19H23IN9OP. The molecule has 1 aliphatic heterocycles. The van der Waals surface area contributed by atoms with Crippen LogP contribution < -0.4 is 4.90 Å². The maximum Gasteiger partial charge on any atom is 0.180 e. The molecule has 1 fully saturated rings. The average molecular weight is 551 g/mol. The zero-order valence-electron chi connectivity index (χ0n) is 17.7. The number of nitrogens with zero attached hydrogens (tertiary/aromatic N) is 9. The van der Waals surface area contributed by atoms with Crippen LogP contribution in [0.3, 0.4) is 0 Å². The monoisotopic (exact) mass is 551 g/mol. The van der Waals surface area contributed by atoms with Gasteiger partial charge in [0.25, 0.3) is 0 Å². The van der Waals surface area contributed by atoms with Crippen LogP contribution >= 0.6 is 28.4 Å². The van der Waals surface area contributed by atoms with Gasteiger partial charge in [0.15, 0.2) is 11.6 Å². The number of morpholine rings is 1. The lowest BCUT2D eigenvalue weighted by Gasteiger charge is -2.34. The van der Waals surface area contributed by atoms with Crippen LogP contribution in [0.5, 0.6) is 0 Å². The Bertz CT molecular complexity index is 1240. The van der Waals surface area contributed by atoms with Gasteiger partial charge in [-0.25, -0.2) is 18.6 Å². The van der Waals surface area contributed by atoms with Crippen molar-refractivity contribution in [3.05, 3.63) is 29.7 Å². The lowest BCUT2D eigenvalue weighted by atomic mass is 10.1. The van der Waals surface area contributed by atoms with Gasteiger partial charge in [0.1, 0.15) is 5.69 Å². The highest BCUT2D eigenvalue weighted by Crippen LogP contribution is 2.36. The van der Waals surface area contributed by atoms with Gasteiger partial charge in [0.2, 0.25) is 0 Å². The molecule has 162 valence electrons. The van der Waals surface area contributed by atoms with E-state index in [4.69, 9.17) is 14.8 Å². The number of hydrogen-bond donors (Lipinski definition) is 0. The average Bonchev–Trinajstić information content (AvgIpc) is 3.45. The van der Waals surface area contributed by atoms with Crippen molar-refractivity contribution < 1.29 is 4.74 Å². The molecule has 10 nitrogen and oxygen atoms in total. The highest BCUT2D eigenvalue weighted by Gasteiger charge is 2.26. The van der Waals surface area contributed by atoms with Gasteiger partial charge in [-0.1, -0.05) is 5.21 Å². The molecule has 0 saturated carbocycles. The standard InChI is InChI=1S/C19H23IN9OP/c1-11-10-30-8-7-27(11)16-9-14(17-13(3)23-25-26(17)4)18-12(2)22-19(28(18)24-16)15-5-6-21-29(15)31-20/h5-6,9,11,31H,7-8,10H2,1-4H3/t11-/m1/s1. The summed E-state index contributed by atoms with van der Waals surface area (Å²) in [7, 11) is 1.92. The van der Waals surface area contributed by atoms with E-state index in [0.717, 1.165) is 52.0 Å². The Morgan fingerprint density at radius 3 is 2.81 bits per heavy atom. The van der Waals surface area contributed by atoms with E-state index in [-0.39, 0.29) is 6.04 Å². The van der Waals surface area contributed by atoms with E-state index in [1.807, 2.05) is 40.6 Å². The maximum atomic E-state index is 5.65. The van der Waals surface area contributed by atoms with Gasteiger partial charge in [-0.3, -0.25) is 0 Å². The van der Waals surface area contributed by atoms with Gasteiger partial charge in [0, 0.05) is 19.2 Å². The van der Waals surface area contributed by atoms with Crippen LogP contribution in [0.1, 0.15) is 18.3 Å². The van der Waals surface area contributed by atoms with E-state index < -0.39 is 0 Å². The number of anilines is 1. The van der Waals surface area contributed by atoms with Crippen LogP contribution in [0.2, 0.25) is 0 Å². The van der Waals surface area contributed by atoms with Crippen LogP contribution in [0, 0.1) is 13.8 Å². The first-order valence-corrected chi connectivity index (χ1v) is 14.1. The summed E-state index contributed by atoms with van der Waals surface area (Å²) in [5, 5.41) is 18.0. The lowest BCUT2D eigenvalue weighted by molar-refractivity contribution is 0.0984. The highest BCUT2D eigenvalue weighted by atomic mass is 127. The normalized spacial score (nSPS) is 17.5. The van der Waals surface area contributed by atoms with Crippen molar-refractivity contribution in [2.75, 3.05) is 24.7 Å². The zero-order chi connectivity index (χ0) is 21.7. The fourth-order valence-corrected chi connectivity index (χ4v) is 5.71. The smallest absolute Gasteiger partial charge is 0.180 e. The minimum Gasteiger partial charge on any atom is -0.377 e. The summed E-state index contributed by atoms with van der Waals surface area (Å²) >= 11 is 2.33. The van der Waals surface area contributed by atoms with Gasteiger partial charge in [-0.2, -0.15) is 5.10 Å². The van der Waals surface area contributed by atoms with E-state index in [1.165, 1.54) is 0 Å². The van der Waals surface area contributed by atoms with Gasteiger partial charge >= 0.3 is 0 Å². The molecule has 0 amide bonds. The van der Waals surface area contributed by atoms with Crippen molar-refractivity contribution in [3.8, 4) is 22.8 Å². The Balaban J connectivity index is 1.83. The van der Waals surface area contributed by atoms with Crippen molar-refractivity contribution in [1.82, 2.24) is 39.1 Å². The molecule has 1 unspecified atom stereocenters. The second-order valence-corrected chi connectivity index (χ2v) is 9.71. The number of halogens is 1. The SMILES string of the molecule is Cc1nnn(C)c1-c1cc(N2CCOC[C@H]2C)nn2c(-c3ccnn3PI)nc(C)c12. The van der Waals surface area contributed by atoms with Crippen molar-refractivity contribution in [1.29, 1.82) is 0 Å². The Hall–Kier alpha value is -2.11. The van der Waals surface area contributed by atoms with Gasteiger partial charge in [0.05, 0.1) is 54.4 Å². The second-order valence-electron chi connectivity index (χ2n) is 7.67. The molecule has 0 N–H and O–H groups in total. The predicted molar refractivity (Wildman–Crippen MR) is 129 cm³/mol. The zero-order valence-corrected chi connectivity index (χ0v) is 20.9. The molecule has 0 spiro atoms. The Morgan fingerprint density at radius 1 is 1.26 bits per heavy atom. The molecule has 0 aromatic carbocycles. The fraction of sp³-hybridized carbons (Fsp3) is 0.421.